The van der Waals surface area contributed by atoms with Crippen molar-refractivity contribution in [3.63, 3.8) is 0 Å². The lowest BCUT2D eigenvalue weighted by molar-refractivity contribution is 0.490. The Labute approximate surface area is 139 Å². The fraction of sp³-hybridized carbons (Fsp3) is 0.438. The summed E-state index contributed by atoms with van der Waals surface area (Å²) in [5, 5.41) is 8.89. The topological polar surface area (TPSA) is 29.9 Å². The van der Waals surface area contributed by atoms with Crippen molar-refractivity contribution in [3.8, 4) is 0 Å². The van der Waals surface area contributed by atoms with Gasteiger partial charge in [0.05, 0.1) is 17.4 Å². The van der Waals surface area contributed by atoms with Gasteiger partial charge in [-0.2, -0.15) is 5.10 Å². The van der Waals surface area contributed by atoms with E-state index in [1.165, 1.54) is 5.69 Å². The van der Waals surface area contributed by atoms with Gasteiger partial charge in [-0.15, -0.1) is 0 Å². The summed E-state index contributed by atoms with van der Waals surface area (Å²) in [5.41, 5.74) is 3.42. The number of rotatable bonds is 6. The third kappa shape index (κ3) is 4.09. The lowest BCUT2D eigenvalue weighted by atomic mass is 10.0. The van der Waals surface area contributed by atoms with Crippen molar-refractivity contribution in [2.24, 2.45) is 0 Å². The van der Waals surface area contributed by atoms with Crippen molar-refractivity contribution >= 4 is 27.5 Å². The van der Waals surface area contributed by atoms with E-state index in [2.05, 4.69) is 57.0 Å². The summed E-state index contributed by atoms with van der Waals surface area (Å²) in [6.45, 7) is 8.05. The van der Waals surface area contributed by atoms with Gasteiger partial charge in [-0.25, -0.2) is 0 Å². The van der Waals surface area contributed by atoms with Crippen LogP contribution in [0.5, 0.6) is 0 Å². The molecule has 0 aliphatic rings. The van der Waals surface area contributed by atoms with Crippen LogP contribution in [0.2, 0.25) is 5.02 Å². The molecule has 1 atom stereocenters. The number of aromatic nitrogens is 2. The van der Waals surface area contributed by atoms with E-state index < -0.39 is 0 Å². The van der Waals surface area contributed by atoms with Crippen LogP contribution >= 0.6 is 27.5 Å². The standard InChI is InChI=1S/C16H21BrClN3/c1-4-19-15(16-8-11(3)20-21(16)5-2)9-12-6-7-13(17)10-14(12)18/h6-8,10,15,19H,4-5,9H2,1-3H3. The van der Waals surface area contributed by atoms with Crippen LogP contribution in [0, 0.1) is 6.92 Å². The Balaban J connectivity index is 2.30. The highest BCUT2D eigenvalue weighted by Crippen LogP contribution is 2.26. The molecule has 1 N–H and O–H groups in total. The first-order chi connectivity index (χ1) is 10.0. The largest absolute Gasteiger partial charge is 0.309 e. The van der Waals surface area contributed by atoms with Crippen molar-refractivity contribution in [1.82, 2.24) is 15.1 Å². The second kappa shape index (κ2) is 7.43. The lowest BCUT2D eigenvalue weighted by Gasteiger charge is -2.20. The normalized spacial score (nSPS) is 12.6. The molecule has 2 aromatic rings. The molecule has 5 heteroatoms. The van der Waals surface area contributed by atoms with Crippen LogP contribution in [0.3, 0.4) is 0 Å². The summed E-state index contributed by atoms with van der Waals surface area (Å²) in [4.78, 5) is 0. The van der Waals surface area contributed by atoms with E-state index in [-0.39, 0.29) is 6.04 Å². The molecule has 0 saturated carbocycles. The minimum atomic E-state index is 0.217. The Bertz CT molecular complexity index is 610. The first kappa shape index (κ1) is 16.5. The van der Waals surface area contributed by atoms with Gasteiger partial charge >= 0.3 is 0 Å². The summed E-state index contributed by atoms with van der Waals surface area (Å²) in [5.74, 6) is 0. The van der Waals surface area contributed by atoms with Crippen LogP contribution in [0.1, 0.15) is 36.8 Å². The Morgan fingerprint density at radius 3 is 2.71 bits per heavy atom. The number of likely N-dealkylation sites (N-methyl/N-ethyl adjacent to an activating group) is 1. The van der Waals surface area contributed by atoms with E-state index in [0.717, 1.165) is 40.3 Å². The van der Waals surface area contributed by atoms with Crippen molar-refractivity contribution in [1.29, 1.82) is 0 Å². The van der Waals surface area contributed by atoms with Gasteiger partial charge in [-0.1, -0.05) is 40.5 Å². The zero-order valence-electron chi connectivity index (χ0n) is 12.7. The highest BCUT2D eigenvalue weighted by Gasteiger charge is 2.18. The van der Waals surface area contributed by atoms with Crippen molar-refractivity contribution in [2.75, 3.05) is 6.54 Å². The number of aryl methyl sites for hydroxylation is 2. The van der Waals surface area contributed by atoms with Crippen LogP contribution in [0.15, 0.2) is 28.7 Å². The third-order valence-corrected chi connectivity index (χ3v) is 4.32. The number of hydrogen-bond acceptors (Lipinski definition) is 2. The van der Waals surface area contributed by atoms with Gasteiger partial charge in [-0.3, -0.25) is 4.68 Å². The van der Waals surface area contributed by atoms with Crippen molar-refractivity contribution in [3.05, 3.63) is 50.7 Å². The minimum absolute atomic E-state index is 0.217. The van der Waals surface area contributed by atoms with Crippen molar-refractivity contribution < 1.29 is 0 Å². The molecule has 3 nitrogen and oxygen atoms in total. The predicted octanol–water partition coefficient (Wildman–Crippen LogP) is 4.52. The third-order valence-electron chi connectivity index (χ3n) is 3.48. The molecule has 0 fully saturated rings. The number of halogens is 2. The molecule has 0 aliphatic carbocycles. The quantitative estimate of drug-likeness (QED) is 0.810. The smallest absolute Gasteiger partial charge is 0.0597 e. The molecule has 0 aliphatic heterocycles. The first-order valence-corrected chi connectivity index (χ1v) is 8.43. The molecule has 114 valence electrons. The lowest BCUT2D eigenvalue weighted by Crippen LogP contribution is -2.25. The summed E-state index contributed by atoms with van der Waals surface area (Å²) >= 11 is 9.81. The van der Waals surface area contributed by atoms with Gasteiger partial charge in [0.1, 0.15) is 0 Å². The fourth-order valence-electron chi connectivity index (χ4n) is 2.53. The molecule has 0 amide bonds. The molecule has 0 radical (unpaired) electrons. The first-order valence-electron chi connectivity index (χ1n) is 7.26. The summed E-state index contributed by atoms with van der Waals surface area (Å²) in [7, 11) is 0. The van der Waals surface area contributed by atoms with Gasteiger partial charge in [0.25, 0.3) is 0 Å². The maximum atomic E-state index is 6.36. The maximum Gasteiger partial charge on any atom is 0.0597 e. The van der Waals surface area contributed by atoms with E-state index in [1.54, 1.807) is 0 Å². The second-order valence-electron chi connectivity index (χ2n) is 5.08. The maximum absolute atomic E-state index is 6.36. The van der Waals surface area contributed by atoms with Crippen LogP contribution < -0.4 is 5.32 Å². The Kier molecular flexibility index (Phi) is 5.85. The molecule has 1 aromatic carbocycles. The highest BCUT2D eigenvalue weighted by atomic mass is 79.9. The average molecular weight is 371 g/mol. The fourth-order valence-corrected chi connectivity index (χ4v) is 3.28. The number of benzene rings is 1. The van der Waals surface area contributed by atoms with Crippen LogP contribution in [-0.4, -0.2) is 16.3 Å². The summed E-state index contributed by atoms with van der Waals surface area (Å²) in [6, 6.07) is 8.43. The van der Waals surface area contributed by atoms with Gasteiger partial charge in [-0.05, 0) is 50.6 Å². The van der Waals surface area contributed by atoms with Crippen LogP contribution in [-0.2, 0) is 13.0 Å². The molecule has 21 heavy (non-hydrogen) atoms. The van der Waals surface area contributed by atoms with Crippen LogP contribution in [0.25, 0.3) is 0 Å². The average Bonchev–Trinajstić information content (AvgIpc) is 2.82. The molecule has 0 saturated heterocycles. The molecule has 0 bridgehead atoms. The number of nitrogens with zero attached hydrogens (tertiary/aromatic N) is 2. The molecule has 1 heterocycles. The summed E-state index contributed by atoms with van der Waals surface area (Å²) in [6.07, 6.45) is 0.852. The molecule has 1 aromatic heterocycles. The van der Waals surface area contributed by atoms with Crippen LogP contribution in [0.4, 0.5) is 0 Å². The van der Waals surface area contributed by atoms with E-state index in [9.17, 15) is 0 Å². The minimum Gasteiger partial charge on any atom is -0.309 e. The molecule has 0 spiro atoms. The van der Waals surface area contributed by atoms with Gasteiger partial charge < -0.3 is 5.32 Å². The Morgan fingerprint density at radius 2 is 2.10 bits per heavy atom. The number of hydrogen-bond donors (Lipinski definition) is 1. The Morgan fingerprint density at radius 1 is 1.33 bits per heavy atom. The zero-order valence-corrected chi connectivity index (χ0v) is 15.0. The summed E-state index contributed by atoms with van der Waals surface area (Å²) < 4.78 is 3.07. The predicted molar refractivity (Wildman–Crippen MR) is 91.9 cm³/mol. The molecular weight excluding hydrogens is 350 g/mol. The van der Waals surface area contributed by atoms with E-state index in [0.29, 0.717) is 0 Å². The van der Waals surface area contributed by atoms with Gasteiger partial charge in [0.2, 0.25) is 0 Å². The second-order valence-corrected chi connectivity index (χ2v) is 6.40. The molecule has 2 rings (SSSR count). The Hall–Kier alpha value is -0.840. The van der Waals surface area contributed by atoms with Gasteiger partial charge in [0.15, 0.2) is 0 Å². The highest BCUT2D eigenvalue weighted by molar-refractivity contribution is 9.10. The number of nitrogens with one attached hydrogen (secondary N) is 1. The van der Waals surface area contributed by atoms with E-state index in [4.69, 9.17) is 11.6 Å². The molecule has 1 unspecified atom stereocenters. The zero-order chi connectivity index (χ0) is 15.4. The monoisotopic (exact) mass is 369 g/mol. The van der Waals surface area contributed by atoms with E-state index >= 15 is 0 Å². The SMILES string of the molecule is CCNC(Cc1ccc(Br)cc1Cl)c1cc(C)nn1CC. The van der Waals surface area contributed by atoms with Crippen molar-refractivity contribution in [2.45, 2.75) is 39.8 Å². The van der Waals surface area contributed by atoms with Gasteiger partial charge in [0, 0.05) is 16.0 Å². The molecular formula is C16H21BrClN3. The van der Waals surface area contributed by atoms with E-state index in [1.807, 2.05) is 19.1 Å².